The summed E-state index contributed by atoms with van der Waals surface area (Å²) in [6, 6.07) is 9.10. The van der Waals surface area contributed by atoms with Gasteiger partial charge in [0, 0.05) is 12.1 Å². The summed E-state index contributed by atoms with van der Waals surface area (Å²) in [6.45, 7) is 5.67. The number of hydrogen-bond donors (Lipinski definition) is 1. The van der Waals surface area contributed by atoms with Crippen molar-refractivity contribution >= 4 is 17.6 Å². The van der Waals surface area contributed by atoms with Crippen LogP contribution in [-0.4, -0.2) is 23.0 Å². The summed E-state index contributed by atoms with van der Waals surface area (Å²) >= 11 is 0. The van der Waals surface area contributed by atoms with E-state index in [-0.39, 0.29) is 5.91 Å². The largest absolute Gasteiger partial charge is 0.448 e. The molecule has 1 aliphatic rings. The van der Waals surface area contributed by atoms with Gasteiger partial charge in [-0.3, -0.25) is 9.78 Å². The van der Waals surface area contributed by atoms with Crippen molar-refractivity contribution in [1.82, 2.24) is 4.98 Å². The number of benzene rings is 1. The molecule has 1 atom stereocenters. The fourth-order valence-corrected chi connectivity index (χ4v) is 2.89. The van der Waals surface area contributed by atoms with Crippen LogP contribution in [0.4, 0.5) is 5.69 Å². The second-order valence-electron chi connectivity index (χ2n) is 5.79. The van der Waals surface area contributed by atoms with Crippen LogP contribution in [0.15, 0.2) is 30.3 Å². The number of aromatic nitrogens is 1. The van der Waals surface area contributed by atoms with Crippen molar-refractivity contribution in [2.75, 3.05) is 5.32 Å². The number of esters is 1. The first-order valence-electron chi connectivity index (χ1n) is 7.50. The molecule has 5 heteroatoms. The van der Waals surface area contributed by atoms with Crippen molar-refractivity contribution in [3.05, 3.63) is 58.4 Å². The van der Waals surface area contributed by atoms with Crippen molar-refractivity contribution in [2.24, 2.45) is 0 Å². The van der Waals surface area contributed by atoms with E-state index in [1.807, 2.05) is 39.0 Å². The number of rotatable bonds is 2. The summed E-state index contributed by atoms with van der Waals surface area (Å²) in [7, 11) is 0. The van der Waals surface area contributed by atoms with E-state index in [1.54, 1.807) is 12.1 Å². The monoisotopic (exact) mass is 310 g/mol. The number of hydrogen-bond acceptors (Lipinski definition) is 4. The molecule has 0 saturated heterocycles. The fraction of sp³-hybridized carbons (Fsp3) is 0.278. The van der Waals surface area contributed by atoms with E-state index in [1.165, 1.54) is 0 Å². The number of anilines is 1. The average molecular weight is 310 g/mol. The van der Waals surface area contributed by atoms with Crippen LogP contribution in [0.1, 0.15) is 32.9 Å². The van der Waals surface area contributed by atoms with Crippen molar-refractivity contribution in [3.63, 3.8) is 0 Å². The summed E-state index contributed by atoms with van der Waals surface area (Å²) in [4.78, 5) is 28.9. The Balaban J connectivity index is 1.82. The highest BCUT2D eigenvalue weighted by Crippen LogP contribution is 2.23. The van der Waals surface area contributed by atoms with E-state index in [0.717, 1.165) is 22.5 Å². The summed E-state index contributed by atoms with van der Waals surface area (Å²) in [5.74, 6) is -0.785. The highest BCUT2D eigenvalue weighted by atomic mass is 16.5. The summed E-state index contributed by atoms with van der Waals surface area (Å²) in [6.07, 6.45) is -0.442. The maximum atomic E-state index is 12.5. The lowest BCUT2D eigenvalue weighted by Crippen LogP contribution is -2.38. The number of pyridine rings is 1. The number of nitrogens with zero attached hydrogens (tertiary/aromatic N) is 1. The number of fused-ring (bicyclic) bond motifs is 1. The van der Waals surface area contributed by atoms with Gasteiger partial charge in [0.05, 0.1) is 16.9 Å². The van der Waals surface area contributed by atoms with Crippen molar-refractivity contribution in [1.29, 1.82) is 0 Å². The summed E-state index contributed by atoms with van der Waals surface area (Å²) < 4.78 is 5.28. The zero-order valence-corrected chi connectivity index (χ0v) is 13.3. The van der Waals surface area contributed by atoms with Crippen LogP contribution in [0.5, 0.6) is 0 Å². The highest BCUT2D eigenvalue weighted by molar-refractivity contribution is 6.00. The maximum Gasteiger partial charge on any atom is 0.339 e. The number of amides is 1. The van der Waals surface area contributed by atoms with Gasteiger partial charge in [0.1, 0.15) is 0 Å². The molecule has 0 bridgehead atoms. The highest BCUT2D eigenvalue weighted by Gasteiger charge is 2.31. The van der Waals surface area contributed by atoms with Gasteiger partial charge in [-0.1, -0.05) is 18.2 Å². The lowest BCUT2D eigenvalue weighted by atomic mass is 9.98. The van der Waals surface area contributed by atoms with Gasteiger partial charge in [-0.05, 0) is 44.0 Å². The van der Waals surface area contributed by atoms with Gasteiger partial charge < -0.3 is 10.1 Å². The van der Waals surface area contributed by atoms with Gasteiger partial charge in [-0.25, -0.2) is 4.79 Å². The van der Waals surface area contributed by atoms with E-state index >= 15 is 0 Å². The van der Waals surface area contributed by atoms with Crippen LogP contribution < -0.4 is 5.32 Å². The quantitative estimate of drug-likeness (QED) is 0.866. The minimum atomic E-state index is -0.822. The number of cyclic esters (lactones) is 1. The van der Waals surface area contributed by atoms with E-state index in [4.69, 9.17) is 4.74 Å². The van der Waals surface area contributed by atoms with Crippen LogP contribution in [0.25, 0.3) is 0 Å². The van der Waals surface area contributed by atoms with Gasteiger partial charge in [0.15, 0.2) is 6.10 Å². The Morgan fingerprint density at radius 3 is 2.74 bits per heavy atom. The number of carbonyl (C=O) groups is 2. The van der Waals surface area contributed by atoms with Crippen molar-refractivity contribution < 1.29 is 14.3 Å². The third-order valence-corrected chi connectivity index (χ3v) is 3.96. The molecular weight excluding hydrogens is 292 g/mol. The molecule has 23 heavy (non-hydrogen) atoms. The summed E-state index contributed by atoms with van der Waals surface area (Å²) in [5, 5.41) is 2.85. The lowest BCUT2D eigenvalue weighted by molar-refractivity contribution is -0.125. The Kier molecular flexibility index (Phi) is 3.86. The van der Waals surface area contributed by atoms with Crippen LogP contribution >= 0.6 is 0 Å². The lowest BCUT2D eigenvalue weighted by Gasteiger charge is -2.24. The molecule has 118 valence electrons. The molecule has 0 spiro atoms. The fourth-order valence-electron chi connectivity index (χ4n) is 2.89. The number of nitrogens with one attached hydrogen (secondary N) is 1. The van der Waals surface area contributed by atoms with Gasteiger partial charge in [0.25, 0.3) is 5.91 Å². The van der Waals surface area contributed by atoms with E-state index in [0.29, 0.717) is 17.7 Å². The zero-order valence-electron chi connectivity index (χ0n) is 13.3. The Bertz CT molecular complexity index is 776. The molecule has 1 unspecified atom stereocenters. The first-order valence-corrected chi connectivity index (χ1v) is 7.50. The predicted molar refractivity (Wildman–Crippen MR) is 86.4 cm³/mol. The van der Waals surface area contributed by atoms with Crippen LogP contribution in [0.2, 0.25) is 0 Å². The molecule has 0 saturated carbocycles. The number of carbonyl (C=O) groups excluding carboxylic acids is 2. The minimum Gasteiger partial charge on any atom is -0.448 e. The number of aryl methyl sites for hydroxylation is 3. The third kappa shape index (κ3) is 2.95. The molecule has 1 N–H and O–H groups in total. The molecule has 1 amide bonds. The van der Waals surface area contributed by atoms with Gasteiger partial charge >= 0.3 is 5.97 Å². The van der Waals surface area contributed by atoms with E-state index in [9.17, 15) is 9.59 Å². The van der Waals surface area contributed by atoms with Gasteiger partial charge in [-0.2, -0.15) is 0 Å². The Morgan fingerprint density at radius 1 is 1.26 bits per heavy atom. The first-order chi connectivity index (χ1) is 11.0. The molecule has 1 aliphatic heterocycles. The summed E-state index contributed by atoms with van der Waals surface area (Å²) in [5.41, 5.74) is 4.62. The second kappa shape index (κ2) is 5.83. The van der Waals surface area contributed by atoms with Crippen LogP contribution in [-0.2, 0) is 16.0 Å². The molecule has 1 aromatic carbocycles. The predicted octanol–water partition coefficient (Wildman–Crippen LogP) is 2.73. The van der Waals surface area contributed by atoms with E-state index in [2.05, 4.69) is 10.3 Å². The smallest absolute Gasteiger partial charge is 0.339 e. The first kappa shape index (κ1) is 15.2. The molecule has 2 aromatic rings. The molecule has 1 aromatic heterocycles. The van der Waals surface area contributed by atoms with Gasteiger partial charge in [0.2, 0.25) is 0 Å². The molecule has 0 fully saturated rings. The second-order valence-corrected chi connectivity index (χ2v) is 5.79. The molecule has 2 heterocycles. The number of ether oxygens (including phenoxy) is 1. The minimum absolute atomic E-state index is 0.329. The SMILES string of the molecule is Cc1cc(C)c(NC(=O)C2Cc3ccccc3C(=O)O2)c(C)n1. The normalized spacial score (nSPS) is 16.5. The molecular formula is C18H18N2O3. The maximum absolute atomic E-state index is 12.5. The average Bonchev–Trinajstić information content (AvgIpc) is 2.50. The molecule has 0 radical (unpaired) electrons. The molecule has 0 aliphatic carbocycles. The molecule has 3 rings (SSSR count). The third-order valence-electron chi connectivity index (χ3n) is 3.96. The standard InChI is InChI=1S/C18H18N2O3/c1-10-8-11(2)19-12(3)16(10)20-17(21)15-9-13-6-4-5-7-14(13)18(22)23-15/h4-8,15H,9H2,1-3H3,(H,20,21). The van der Waals surface area contributed by atoms with Crippen LogP contribution in [0.3, 0.4) is 0 Å². The topological polar surface area (TPSA) is 68.3 Å². The zero-order chi connectivity index (χ0) is 16.6. The Morgan fingerprint density at radius 2 is 2.00 bits per heavy atom. The Labute approximate surface area is 134 Å². The van der Waals surface area contributed by atoms with Gasteiger partial charge in [-0.15, -0.1) is 0 Å². The van der Waals surface area contributed by atoms with E-state index < -0.39 is 12.1 Å². The van der Waals surface area contributed by atoms with Crippen molar-refractivity contribution in [3.8, 4) is 0 Å². The van der Waals surface area contributed by atoms with Crippen LogP contribution in [0, 0.1) is 20.8 Å². The Hall–Kier alpha value is -2.69. The molecule has 5 nitrogen and oxygen atoms in total. The van der Waals surface area contributed by atoms with Crippen molar-refractivity contribution in [2.45, 2.75) is 33.3 Å².